The third kappa shape index (κ3) is 4.60. The van der Waals surface area contributed by atoms with Gasteiger partial charge >= 0.3 is 5.97 Å². The number of hydrogen-bond donors (Lipinski definition) is 2. The predicted molar refractivity (Wildman–Crippen MR) is 94.8 cm³/mol. The molecule has 0 spiro atoms. The van der Waals surface area contributed by atoms with Crippen molar-refractivity contribution in [2.45, 2.75) is 43.5 Å². The molecule has 1 heterocycles. The molecule has 2 N–H and O–H groups in total. The van der Waals surface area contributed by atoms with Crippen LogP contribution in [0, 0.1) is 0 Å². The van der Waals surface area contributed by atoms with Crippen molar-refractivity contribution in [3.05, 3.63) is 23.8 Å². The van der Waals surface area contributed by atoms with Crippen LogP contribution in [0.2, 0.25) is 0 Å². The number of nitrogens with one attached hydrogen (secondary N) is 1. The summed E-state index contributed by atoms with van der Waals surface area (Å²) in [6, 6.07) is 2.81. The molecule has 1 aliphatic heterocycles. The molecule has 0 radical (unpaired) electrons. The Labute approximate surface area is 152 Å². The molecule has 26 heavy (non-hydrogen) atoms. The second-order valence-electron chi connectivity index (χ2n) is 6.26. The molecule has 1 aliphatic rings. The van der Waals surface area contributed by atoms with Crippen LogP contribution in [0.4, 0.5) is 5.69 Å². The fourth-order valence-corrected chi connectivity index (χ4v) is 3.62. The summed E-state index contributed by atoms with van der Waals surface area (Å²) in [6.45, 7) is 2.22. The third-order valence-electron chi connectivity index (χ3n) is 4.28. The van der Waals surface area contributed by atoms with Crippen molar-refractivity contribution in [1.29, 1.82) is 0 Å². The fraction of sp³-hybridized carbons (Fsp3) is 0.471. The van der Waals surface area contributed by atoms with E-state index in [4.69, 9.17) is 5.11 Å². The number of amides is 2. The Morgan fingerprint density at radius 1 is 1.23 bits per heavy atom. The van der Waals surface area contributed by atoms with Crippen LogP contribution >= 0.6 is 0 Å². The van der Waals surface area contributed by atoms with Gasteiger partial charge in [-0.25, -0.2) is 13.2 Å². The lowest BCUT2D eigenvalue weighted by Crippen LogP contribution is -2.49. The second-order valence-corrected chi connectivity index (χ2v) is 8.28. The SMILES string of the molecule is CCC(=O)N1CCCCC1C(=O)Nc1cc(C(=O)O)cc(S(C)(=O)=O)c1. The highest BCUT2D eigenvalue weighted by molar-refractivity contribution is 7.90. The number of likely N-dealkylation sites (tertiary alicyclic amines) is 1. The molecular weight excluding hydrogens is 360 g/mol. The topological polar surface area (TPSA) is 121 Å². The molecule has 1 aromatic carbocycles. The van der Waals surface area contributed by atoms with Crippen molar-refractivity contribution in [3.63, 3.8) is 0 Å². The molecular formula is C17H22N2O6S. The molecule has 9 heteroatoms. The minimum absolute atomic E-state index is 0.0739. The van der Waals surface area contributed by atoms with Gasteiger partial charge in [0.25, 0.3) is 0 Å². The normalized spacial score (nSPS) is 17.6. The van der Waals surface area contributed by atoms with E-state index in [1.807, 2.05) is 0 Å². The van der Waals surface area contributed by atoms with E-state index in [1.165, 1.54) is 17.0 Å². The van der Waals surface area contributed by atoms with Gasteiger partial charge in [0.1, 0.15) is 6.04 Å². The number of aromatic carboxylic acids is 1. The van der Waals surface area contributed by atoms with Crippen LogP contribution in [0.25, 0.3) is 0 Å². The molecule has 8 nitrogen and oxygen atoms in total. The highest BCUT2D eigenvalue weighted by atomic mass is 32.2. The number of piperidine rings is 1. The predicted octanol–water partition coefficient (Wildman–Crippen LogP) is 1.52. The van der Waals surface area contributed by atoms with Gasteiger partial charge < -0.3 is 15.3 Å². The summed E-state index contributed by atoms with van der Waals surface area (Å²) in [6.07, 6.45) is 3.38. The Bertz CT molecular complexity index is 834. The number of carboxylic acids is 1. The number of nitrogens with zero attached hydrogens (tertiary/aromatic N) is 1. The smallest absolute Gasteiger partial charge is 0.335 e. The van der Waals surface area contributed by atoms with Crippen LogP contribution in [0.3, 0.4) is 0 Å². The van der Waals surface area contributed by atoms with Crippen molar-refractivity contribution >= 4 is 33.3 Å². The van der Waals surface area contributed by atoms with Crippen molar-refractivity contribution < 1.29 is 27.9 Å². The highest BCUT2D eigenvalue weighted by Crippen LogP contribution is 2.23. The van der Waals surface area contributed by atoms with Crippen LogP contribution in [-0.2, 0) is 19.4 Å². The molecule has 1 atom stereocenters. The quantitative estimate of drug-likeness (QED) is 0.796. The summed E-state index contributed by atoms with van der Waals surface area (Å²) in [4.78, 5) is 37.3. The second kappa shape index (κ2) is 7.86. The van der Waals surface area contributed by atoms with Crippen LogP contribution in [-0.4, -0.2) is 55.1 Å². The summed E-state index contributed by atoms with van der Waals surface area (Å²) >= 11 is 0. The summed E-state index contributed by atoms with van der Waals surface area (Å²) < 4.78 is 23.5. The van der Waals surface area contributed by atoms with Crippen molar-refractivity contribution in [1.82, 2.24) is 4.90 Å². The van der Waals surface area contributed by atoms with Gasteiger partial charge in [-0.15, -0.1) is 0 Å². The van der Waals surface area contributed by atoms with E-state index < -0.39 is 27.8 Å². The largest absolute Gasteiger partial charge is 0.478 e. The van der Waals surface area contributed by atoms with Gasteiger partial charge in [-0.05, 0) is 37.5 Å². The number of hydrogen-bond acceptors (Lipinski definition) is 5. The van der Waals surface area contributed by atoms with E-state index in [9.17, 15) is 22.8 Å². The highest BCUT2D eigenvalue weighted by Gasteiger charge is 2.31. The summed E-state index contributed by atoms with van der Waals surface area (Å²) in [5.41, 5.74) is -0.168. The first kappa shape index (κ1) is 19.9. The number of rotatable bonds is 5. The first-order chi connectivity index (χ1) is 12.1. The Morgan fingerprint density at radius 3 is 2.50 bits per heavy atom. The van der Waals surface area contributed by atoms with E-state index in [2.05, 4.69) is 5.32 Å². The standard InChI is InChI=1S/C17H22N2O6S/c1-3-15(20)19-7-5-4-6-14(19)16(21)18-12-8-11(17(22)23)9-13(10-12)26(2,24)25/h8-10,14H,3-7H2,1-2H3,(H,18,21)(H,22,23). The van der Waals surface area contributed by atoms with Gasteiger partial charge in [0.05, 0.1) is 10.5 Å². The van der Waals surface area contributed by atoms with Crippen molar-refractivity contribution in [3.8, 4) is 0 Å². The van der Waals surface area contributed by atoms with Gasteiger partial charge in [-0.1, -0.05) is 6.92 Å². The van der Waals surface area contributed by atoms with Crippen LogP contribution in [0.5, 0.6) is 0 Å². The zero-order chi connectivity index (χ0) is 19.5. The van der Waals surface area contributed by atoms with Crippen LogP contribution in [0.1, 0.15) is 43.0 Å². The van der Waals surface area contributed by atoms with Crippen LogP contribution < -0.4 is 5.32 Å². The van der Waals surface area contributed by atoms with E-state index in [1.54, 1.807) is 6.92 Å². The molecule has 1 fully saturated rings. The summed E-state index contributed by atoms with van der Waals surface area (Å²) in [5.74, 6) is -1.87. The van der Waals surface area contributed by atoms with Crippen molar-refractivity contribution in [2.75, 3.05) is 18.1 Å². The summed E-state index contributed by atoms with van der Waals surface area (Å²) in [5, 5.41) is 11.7. The maximum atomic E-state index is 12.6. The van der Waals surface area contributed by atoms with Crippen molar-refractivity contribution in [2.24, 2.45) is 0 Å². The maximum Gasteiger partial charge on any atom is 0.335 e. The molecule has 1 saturated heterocycles. The molecule has 1 aromatic rings. The molecule has 2 rings (SSSR count). The lowest BCUT2D eigenvalue weighted by atomic mass is 10.0. The Balaban J connectivity index is 2.31. The van der Waals surface area contributed by atoms with E-state index in [0.29, 0.717) is 13.0 Å². The summed E-state index contributed by atoms with van der Waals surface area (Å²) in [7, 11) is -3.65. The molecule has 0 aromatic heterocycles. The van der Waals surface area contributed by atoms with Gasteiger partial charge in [0, 0.05) is 24.9 Å². The molecule has 0 aliphatic carbocycles. The average Bonchev–Trinajstić information content (AvgIpc) is 2.59. The Hall–Kier alpha value is -2.42. The minimum Gasteiger partial charge on any atom is -0.478 e. The molecule has 0 bridgehead atoms. The van der Waals surface area contributed by atoms with E-state index in [0.717, 1.165) is 25.2 Å². The average molecular weight is 382 g/mol. The Morgan fingerprint density at radius 2 is 1.92 bits per heavy atom. The van der Waals surface area contributed by atoms with Gasteiger partial charge in [-0.2, -0.15) is 0 Å². The number of anilines is 1. The minimum atomic E-state index is -3.65. The lowest BCUT2D eigenvalue weighted by Gasteiger charge is -2.34. The first-order valence-corrected chi connectivity index (χ1v) is 10.2. The first-order valence-electron chi connectivity index (χ1n) is 8.32. The van der Waals surface area contributed by atoms with Crippen LogP contribution in [0.15, 0.2) is 23.1 Å². The van der Waals surface area contributed by atoms with Gasteiger partial charge in [0.2, 0.25) is 11.8 Å². The number of sulfone groups is 1. The fourth-order valence-electron chi connectivity index (χ4n) is 2.94. The lowest BCUT2D eigenvalue weighted by molar-refractivity contribution is -0.140. The third-order valence-corrected chi connectivity index (χ3v) is 5.37. The number of carbonyl (C=O) groups is 3. The number of benzene rings is 1. The zero-order valence-electron chi connectivity index (χ0n) is 14.7. The molecule has 0 saturated carbocycles. The Kier molecular flexibility index (Phi) is 6.01. The van der Waals surface area contributed by atoms with Gasteiger partial charge in [-0.3, -0.25) is 9.59 Å². The monoisotopic (exact) mass is 382 g/mol. The zero-order valence-corrected chi connectivity index (χ0v) is 15.5. The maximum absolute atomic E-state index is 12.6. The molecule has 2 amide bonds. The van der Waals surface area contributed by atoms with E-state index in [-0.39, 0.29) is 28.5 Å². The van der Waals surface area contributed by atoms with E-state index >= 15 is 0 Å². The molecule has 142 valence electrons. The molecule has 1 unspecified atom stereocenters. The number of carbonyl (C=O) groups excluding carboxylic acids is 2. The number of carboxylic acid groups (broad SMARTS) is 1. The van der Waals surface area contributed by atoms with Gasteiger partial charge in [0.15, 0.2) is 9.84 Å².